The van der Waals surface area contributed by atoms with E-state index in [1.807, 2.05) is 0 Å². The standard InChI is InChI=1S/3CH4OS.H3O3P/c3*2-1-3;1-4(2)3/h3*2-3H,1H2;1-3H. The van der Waals surface area contributed by atoms with Crippen molar-refractivity contribution in [1.29, 1.82) is 0 Å². The summed E-state index contributed by atoms with van der Waals surface area (Å²) in [5.41, 5.74) is 0. The highest BCUT2D eigenvalue weighted by Gasteiger charge is 1.76. The predicted octanol–water partition coefficient (Wildman–Crippen LogP) is -1.21. The van der Waals surface area contributed by atoms with Crippen LogP contribution in [0.15, 0.2) is 0 Å². The molecule has 86 valence electrons. The number of aliphatic hydroxyl groups is 3. The van der Waals surface area contributed by atoms with Gasteiger partial charge in [0.1, 0.15) is 0 Å². The molecule has 0 spiro atoms. The Morgan fingerprint density at radius 1 is 0.692 bits per heavy atom. The molecule has 6 nitrogen and oxygen atoms in total. The fourth-order valence-corrected chi connectivity index (χ4v) is 0. The number of thiol groups is 3. The number of hydrogen-bond donors (Lipinski definition) is 9. The minimum atomic E-state index is -2.62. The van der Waals surface area contributed by atoms with Crippen molar-refractivity contribution in [2.24, 2.45) is 0 Å². The summed E-state index contributed by atoms with van der Waals surface area (Å²) in [5.74, 6) is -0.167. The second-order valence-electron chi connectivity index (χ2n) is 0.693. The highest BCUT2D eigenvalue weighted by atomic mass is 32.1. The van der Waals surface area contributed by atoms with Crippen molar-refractivity contribution in [3.8, 4) is 0 Å². The molecule has 0 aliphatic carbocycles. The third-order valence-electron chi connectivity index (χ3n) is 0. The zero-order valence-electron chi connectivity index (χ0n) is 6.59. The van der Waals surface area contributed by atoms with Gasteiger partial charge in [-0.3, -0.25) is 0 Å². The summed E-state index contributed by atoms with van der Waals surface area (Å²) < 4.78 is 0. The van der Waals surface area contributed by atoms with Crippen molar-refractivity contribution >= 4 is 46.5 Å². The lowest BCUT2D eigenvalue weighted by Crippen LogP contribution is -1.54. The van der Waals surface area contributed by atoms with Gasteiger partial charge >= 0.3 is 8.60 Å². The largest absolute Gasteiger partial charge is 0.386 e. The Labute approximate surface area is 94.5 Å². The van der Waals surface area contributed by atoms with Crippen molar-refractivity contribution in [1.82, 2.24) is 0 Å². The fourth-order valence-electron chi connectivity index (χ4n) is 0. The van der Waals surface area contributed by atoms with Gasteiger partial charge in [-0.05, 0) is 0 Å². The van der Waals surface area contributed by atoms with Crippen LogP contribution in [0.5, 0.6) is 0 Å². The molecule has 0 saturated carbocycles. The van der Waals surface area contributed by atoms with Crippen LogP contribution in [0.1, 0.15) is 0 Å². The highest BCUT2D eigenvalue weighted by molar-refractivity contribution is 7.80. The quantitative estimate of drug-likeness (QED) is 0.155. The Hall–Kier alpha value is 1.24. The summed E-state index contributed by atoms with van der Waals surface area (Å²) in [7, 11) is -2.62. The molecule has 0 fully saturated rings. The normalized spacial score (nSPS) is 6.92. The summed E-state index contributed by atoms with van der Waals surface area (Å²) in [5, 5.41) is 22.3. The van der Waals surface area contributed by atoms with E-state index in [-0.39, 0.29) is 17.8 Å². The maximum absolute atomic E-state index is 7.43. The molecular weight excluding hydrogens is 259 g/mol. The molecule has 0 aliphatic heterocycles. The van der Waals surface area contributed by atoms with Gasteiger partial charge in [0, 0.05) is 0 Å². The Balaban J connectivity index is -0.0000000420. The van der Waals surface area contributed by atoms with E-state index in [4.69, 9.17) is 30.0 Å². The second-order valence-corrected chi connectivity index (χ2v) is 2.08. The van der Waals surface area contributed by atoms with E-state index >= 15 is 0 Å². The average Bonchev–Trinajstić information content (AvgIpc) is 1.88. The van der Waals surface area contributed by atoms with Gasteiger partial charge in [-0.25, -0.2) is 0 Å². The Kier molecular flexibility index (Phi) is 69.3. The number of aliphatic hydroxyl groups excluding tert-OH is 3. The number of rotatable bonds is 0. The van der Waals surface area contributed by atoms with Crippen LogP contribution >= 0.6 is 46.5 Å². The average molecular weight is 274 g/mol. The molecule has 0 heterocycles. The first kappa shape index (κ1) is 23.8. The lowest BCUT2D eigenvalue weighted by molar-refractivity contribution is 0.368. The molecular formula is C3H15O6PS3. The van der Waals surface area contributed by atoms with Gasteiger partial charge in [-0.1, -0.05) is 0 Å². The molecule has 0 rings (SSSR count). The minimum Gasteiger partial charge on any atom is -0.386 e. The maximum atomic E-state index is 7.43. The smallest absolute Gasteiger partial charge is 0.324 e. The van der Waals surface area contributed by atoms with Gasteiger partial charge in [-0.2, -0.15) is 37.9 Å². The first-order valence-corrected chi connectivity index (χ1v) is 5.59. The molecule has 0 aromatic rings. The molecule has 0 unspecified atom stereocenters. The van der Waals surface area contributed by atoms with Crippen LogP contribution in [0, 0.1) is 0 Å². The van der Waals surface area contributed by atoms with Crippen LogP contribution in [0.4, 0.5) is 0 Å². The zero-order chi connectivity index (χ0) is 11.7. The van der Waals surface area contributed by atoms with E-state index < -0.39 is 8.60 Å². The molecule has 0 atom stereocenters. The van der Waals surface area contributed by atoms with Crippen molar-refractivity contribution < 1.29 is 30.0 Å². The molecule has 6 N–H and O–H groups in total. The zero-order valence-corrected chi connectivity index (χ0v) is 10.2. The number of hydrogen-bond acceptors (Lipinski definition) is 9. The van der Waals surface area contributed by atoms with E-state index in [9.17, 15) is 0 Å². The summed E-state index contributed by atoms with van der Waals surface area (Å²) in [6.45, 7) is 0. The summed E-state index contributed by atoms with van der Waals surface area (Å²) in [6, 6.07) is 0. The van der Waals surface area contributed by atoms with E-state index in [0.717, 1.165) is 0 Å². The van der Waals surface area contributed by atoms with E-state index in [0.29, 0.717) is 0 Å². The van der Waals surface area contributed by atoms with E-state index in [1.165, 1.54) is 0 Å². The molecule has 0 radical (unpaired) electrons. The van der Waals surface area contributed by atoms with Gasteiger partial charge in [-0.15, -0.1) is 0 Å². The van der Waals surface area contributed by atoms with Crippen molar-refractivity contribution in [2.45, 2.75) is 0 Å². The van der Waals surface area contributed by atoms with Crippen LogP contribution in [-0.2, 0) is 0 Å². The van der Waals surface area contributed by atoms with E-state index in [2.05, 4.69) is 37.9 Å². The molecule has 13 heavy (non-hydrogen) atoms. The van der Waals surface area contributed by atoms with Crippen LogP contribution in [0.3, 0.4) is 0 Å². The molecule has 0 aliphatic rings. The van der Waals surface area contributed by atoms with Crippen molar-refractivity contribution in [2.75, 3.05) is 17.8 Å². The van der Waals surface area contributed by atoms with Gasteiger partial charge in [0.05, 0.1) is 17.8 Å². The third-order valence-corrected chi connectivity index (χ3v) is 0. The first-order valence-electron chi connectivity index (χ1n) is 2.50. The third kappa shape index (κ3) is 1090. The van der Waals surface area contributed by atoms with Crippen LogP contribution in [0.2, 0.25) is 0 Å². The minimum absolute atomic E-state index is 0.0556. The molecule has 0 bridgehead atoms. The van der Waals surface area contributed by atoms with Crippen LogP contribution in [-0.4, -0.2) is 47.8 Å². The summed E-state index contributed by atoms with van der Waals surface area (Å²) in [6.07, 6.45) is 0. The lowest BCUT2D eigenvalue weighted by atomic mass is 11.7. The van der Waals surface area contributed by atoms with Crippen molar-refractivity contribution in [3.05, 3.63) is 0 Å². The maximum Gasteiger partial charge on any atom is 0.324 e. The Morgan fingerprint density at radius 3 is 0.692 bits per heavy atom. The molecule has 0 saturated heterocycles. The monoisotopic (exact) mass is 274 g/mol. The van der Waals surface area contributed by atoms with Crippen LogP contribution in [0.25, 0.3) is 0 Å². The van der Waals surface area contributed by atoms with Crippen molar-refractivity contribution in [3.63, 3.8) is 0 Å². The molecule has 10 heteroatoms. The molecule has 0 amide bonds. The van der Waals surface area contributed by atoms with Crippen LogP contribution < -0.4 is 0 Å². The van der Waals surface area contributed by atoms with Gasteiger partial charge in [0.2, 0.25) is 0 Å². The topological polar surface area (TPSA) is 121 Å². The van der Waals surface area contributed by atoms with Gasteiger partial charge in [0.25, 0.3) is 0 Å². The fraction of sp³-hybridized carbons (Fsp3) is 1.00. The SMILES string of the molecule is OCS.OCS.OCS.OP(O)O. The van der Waals surface area contributed by atoms with E-state index in [1.54, 1.807) is 0 Å². The molecule has 0 aromatic carbocycles. The predicted molar refractivity (Wildman–Crippen MR) is 61.8 cm³/mol. The van der Waals surface area contributed by atoms with Gasteiger partial charge < -0.3 is 30.0 Å². The first-order chi connectivity index (χ1) is 5.97. The Bertz CT molecular complexity index is 44.6. The second kappa shape index (κ2) is 37.8. The summed E-state index contributed by atoms with van der Waals surface area (Å²) >= 11 is 10.0. The Morgan fingerprint density at radius 2 is 0.692 bits per heavy atom. The van der Waals surface area contributed by atoms with Gasteiger partial charge in [0.15, 0.2) is 0 Å². The highest BCUT2D eigenvalue weighted by Crippen LogP contribution is 2.11. The summed E-state index contributed by atoms with van der Waals surface area (Å²) in [4.78, 5) is 21.7. The lowest BCUT2D eigenvalue weighted by Gasteiger charge is -1.76. The molecule has 0 aromatic heterocycles.